The number of hydrogen-bond donors (Lipinski definition) is 1. The van der Waals surface area contributed by atoms with Crippen molar-refractivity contribution in [1.82, 2.24) is 5.32 Å². The van der Waals surface area contributed by atoms with Gasteiger partial charge in [0.1, 0.15) is 0 Å². The molecule has 0 aliphatic rings. The lowest BCUT2D eigenvalue weighted by Gasteiger charge is -2.20. The van der Waals surface area contributed by atoms with Crippen LogP contribution in [0.5, 0.6) is 0 Å². The standard InChI is InChI=1S/C18H30BrNO/c1-14(2)13-21-10-9-17(12-20-15(3)4)11-16-5-7-18(19)8-6-16/h5-8,14-15,17,20H,9-13H2,1-4H3. The molecular weight excluding hydrogens is 326 g/mol. The summed E-state index contributed by atoms with van der Waals surface area (Å²) in [6.45, 7) is 11.6. The van der Waals surface area contributed by atoms with Gasteiger partial charge in [0.15, 0.2) is 0 Å². The van der Waals surface area contributed by atoms with E-state index in [1.54, 1.807) is 0 Å². The van der Waals surface area contributed by atoms with Crippen molar-refractivity contribution in [3.63, 3.8) is 0 Å². The fourth-order valence-corrected chi connectivity index (χ4v) is 2.47. The summed E-state index contributed by atoms with van der Waals surface area (Å²) in [7, 11) is 0. The zero-order valence-electron chi connectivity index (χ0n) is 13.9. The summed E-state index contributed by atoms with van der Waals surface area (Å²) in [4.78, 5) is 0. The number of benzene rings is 1. The third-order valence-electron chi connectivity index (χ3n) is 3.37. The van der Waals surface area contributed by atoms with Crippen molar-refractivity contribution < 1.29 is 4.74 Å². The van der Waals surface area contributed by atoms with Crippen LogP contribution in [0.25, 0.3) is 0 Å². The number of halogens is 1. The number of ether oxygens (including phenoxy) is 1. The molecule has 1 atom stereocenters. The first-order valence-electron chi connectivity index (χ1n) is 8.03. The van der Waals surface area contributed by atoms with Crippen molar-refractivity contribution in [3.05, 3.63) is 34.3 Å². The number of hydrogen-bond acceptors (Lipinski definition) is 2. The first-order chi connectivity index (χ1) is 9.97. The van der Waals surface area contributed by atoms with E-state index in [1.807, 2.05) is 0 Å². The lowest BCUT2D eigenvalue weighted by Crippen LogP contribution is -2.30. The maximum Gasteiger partial charge on any atom is 0.0488 e. The van der Waals surface area contributed by atoms with Gasteiger partial charge in [-0.25, -0.2) is 0 Å². The topological polar surface area (TPSA) is 21.3 Å². The van der Waals surface area contributed by atoms with E-state index in [1.165, 1.54) is 5.56 Å². The van der Waals surface area contributed by atoms with Crippen LogP contribution in [-0.2, 0) is 11.2 Å². The van der Waals surface area contributed by atoms with Gasteiger partial charge in [0.2, 0.25) is 0 Å². The summed E-state index contributed by atoms with van der Waals surface area (Å²) in [6.07, 6.45) is 2.22. The summed E-state index contributed by atoms with van der Waals surface area (Å²) in [5.41, 5.74) is 1.40. The average molecular weight is 356 g/mol. The first kappa shape index (κ1) is 18.7. The molecule has 0 aliphatic heterocycles. The highest BCUT2D eigenvalue weighted by Gasteiger charge is 2.11. The molecule has 0 bridgehead atoms. The van der Waals surface area contributed by atoms with Crippen LogP contribution >= 0.6 is 15.9 Å². The molecule has 120 valence electrons. The molecule has 2 nitrogen and oxygen atoms in total. The minimum absolute atomic E-state index is 0.536. The van der Waals surface area contributed by atoms with E-state index in [0.29, 0.717) is 17.9 Å². The minimum Gasteiger partial charge on any atom is -0.381 e. The van der Waals surface area contributed by atoms with Crippen LogP contribution in [-0.4, -0.2) is 25.8 Å². The predicted molar refractivity (Wildman–Crippen MR) is 94.7 cm³/mol. The molecule has 0 aliphatic carbocycles. The molecule has 1 aromatic carbocycles. The van der Waals surface area contributed by atoms with Crippen LogP contribution in [0.2, 0.25) is 0 Å². The highest BCUT2D eigenvalue weighted by atomic mass is 79.9. The predicted octanol–water partition coefficient (Wildman–Crippen LogP) is 4.67. The van der Waals surface area contributed by atoms with Crippen LogP contribution in [0, 0.1) is 11.8 Å². The van der Waals surface area contributed by atoms with E-state index in [-0.39, 0.29) is 0 Å². The van der Waals surface area contributed by atoms with E-state index < -0.39 is 0 Å². The van der Waals surface area contributed by atoms with Crippen LogP contribution < -0.4 is 5.32 Å². The molecule has 0 aromatic heterocycles. The molecule has 1 unspecified atom stereocenters. The summed E-state index contributed by atoms with van der Waals surface area (Å²) in [6, 6.07) is 9.20. The molecule has 0 radical (unpaired) electrons. The second-order valence-corrected chi connectivity index (χ2v) is 7.43. The zero-order valence-corrected chi connectivity index (χ0v) is 15.4. The lowest BCUT2D eigenvalue weighted by molar-refractivity contribution is 0.0973. The third-order valence-corrected chi connectivity index (χ3v) is 3.90. The van der Waals surface area contributed by atoms with Gasteiger partial charge in [-0.2, -0.15) is 0 Å². The fourth-order valence-electron chi connectivity index (χ4n) is 2.20. The van der Waals surface area contributed by atoms with Crippen LogP contribution in [0.1, 0.15) is 39.7 Å². The fraction of sp³-hybridized carbons (Fsp3) is 0.667. The second kappa shape index (κ2) is 10.4. The van der Waals surface area contributed by atoms with Gasteiger partial charge in [0.25, 0.3) is 0 Å². The van der Waals surface area contributed by atoms with Crippen LogP contribution in [0.3, 0.4) is 0 Å². The highest BCUT2D eigenvalue weighted by Crippen LogP contribution is 2.16. The Hall–Kier alpha value is -0.380. The molecule has 1 aromatic rings. The molecule has 0 saturated heterocycles. The van der Waals surface area contributed by atoms with Crippen molar-refractivity contribution in [2.45, 2.75) is 46.6 Å². The van der Waals surface area contributed by atoms with E-state index in [4.69, 9.17) is 4.74 Å². The Morgan fingerprint density at radius 3 is 2.33 bits per heavy atom. The third kappa shape index (κ3) is 9.28. The normalized spacial score (nSPS) is 13.1. The maximum absolute atomic E-state index is 5.75. The van der Waals surface area contributed by atoms with Gasteiger partial charge in [-0.1, -0.05) is 55.8 Å². The SMILES string of the molecule is CC(C)COCCC(CNC(C)C)Cc1ccc(Br)cc1. The van der Waals surface area contributed by atoms with Crippen molar-refractivity contribution in [1.29, 1.82) is 0 Å². The van der Waals surface area contributed by atoms with Gasteiger partial charge in [-0.15, -0.1) is 0 Å². The smallest absolute Gasteiger partial charge is 0.0488 e. The van der Waals surface area contributed by atoms with Crippen LogP contribution in [0.4, 0.5) is 0 Å². The van der Waals surface area contributed by atoms with E-state index in [2.05, 4.69) is 73.2 Å². The van der Waals surface area contributed by atoms with E-state index in [0.717, 1.165) is 37.1 Å². The van der Waals surface area contributed by atoms with Crippen molar-refractivity contribution >= 4 is 15.9 Å². The van der Waals surface area contributed by atoms with Gasteiger partial charge in [0.05, 0.1) is 0 Å². The Kier molecular flexibility index (Phi) is 9.21. The summed E-state index contributed by atoms with van der Waals surface area (Å²) in [5, 5.41) is 3.56. The van der Waals surface area contributed by atoms with Gasteiger partial charge in [0, 0.05) is 23.7 Å². The van der Waals surface area contributed by atoms with Gasteiger partial charge in [-0.05, 0) is 48.9 Å². The molecular formula is C18H30BrNO. The summed E-state index contributed by atoms with van der Waals surface area (Å²) in [5.74, 6) is 1.24. The second-order valence-electron chi connectivity index (χ2n) is 6.52. The minimum atomic E-state index is 0.536. The summed E-state index contributed by atoms with van der Waals surface area (Å²) < 4.78 is 6.90. The Balaban J connectivity index is 2.45. The van der Waals surface area contributed by atoms with Crippen molar-refractivity contribution in [2.75, 3.05) is 19.8 Å². The van der Waals surface area contributed by atoms with Crippen molar-refractivity contribution in [2.24, 2.45) is 11.8 Å². The molecule has 1 N–H and O–H groups in total. The Morgan fingerprint density at radius 1 is 1.10 bits per heavy atom. The Bertz CT molecular complexity index is 375. The monoisotopic (exact) mass is 355 g/mol. The molecule has 0 amide bonds. The molecule has 0 heterocycles. The number of rotatable bonds is 10. The largest absolute Gasteiger partial charge is 0.381 e. The highest BCUT2D eigenvalue weighted by molar-refractivity contribution is 9.10. The van der Waals surface area contributed by atoms with E-state index >= 15 is 0 Å². The molecule has 0 fully saturated rings. The Labute approximate surface area is 138 Å². The van der Waals surface area contributed by atoms with Crippen molar-refractivity contribution in [3.8, 4) is 0 Å². The molecule has 0 saturated carbocycles. The zero-order chi connectivity index (χ0) is 15.7. The first-order valence-corrected chi connectivity index (χ1v) is 8.82. The van der Waals surface area contributed by atoms with Crippen LogP contribution in [0.15, 0.2) is 28.7 Å². The van der Waals surface area contributed by atoms with E-state index in [9.17, 15) is 0 Å². The quantitative estimate of drug-likeness (QED) is 0.615. The number of nitrogens with one attached hydrogen (secondary N) is 1. The van der Waals surface area contributed by atoms with Gasteiger partial charge < -0.3 is 10.1 Å². The van der Waals surface area contributed by atoms with Gasteiger partial charge in [-0.3, -0.25) is 0 Å². The Morgan fingerprint density at radius 2 is 1.76 bits per heavy atom. The molecule has 1 rings (SSSR count). The maximum atomic E-state index is 5.75. The summed E-state index contributed by atoms with van der Waals surface area (Å²) >= 11 is 3.49. The lowest BCUT2D eigenvalue weighted by atomic mass is 9.96. The molecule has 3 heteroatoms. The molecule has 21 heavy (non-hydrogen) atoms. The van der Waals surface area contributed by atoms with Gasteiger partial charge >= 0.3 is 0 Å². The molecule has 0 spiro atoms. The average Bonchev–Trinajstić information content (AvgIpc) is 2.42.